The summed E-state index contributed by atoms with van der Waals surface area (Å²) in [5.74, 6) is -0.319. The highest BCUT2D eigenvalue weighted by Gasteiger charge is 2.27. The van der Waals surface area contributed by atoms with Crippen LogP contribution < -0.4 is 5.32 Å². The molecule has 1 aliphatic rings. The smallest absolute Gasteiger partial charge is 0.265 e. The van der Waals surface area contributed by atoms with Crippen LogP contribution in [0.4, 0.5) is 0 Å². The van der Waals surface area contributed by atoms with Crippen molar-refractivity contribution in [3.8, 4) is 21.6 Å². The lowest BCUT2D eigenvalue weighted by Gasteiger charge is -2.10. The number of hydrogen-bond acceptors (Lipinski definition) is 3. The number of nitrogens with one attached hydrogen (secondary N) is 1. The van der Waals surface area contributed by atoms with Crippen molar-refractivity contribution >= 4 is 46.4 Å². The standard InChI is InChI=1S/C20H14Cl2N2O2S/c21-14-5-1-3-12(7-14)16-9-17(20(26)24-10-18(25)23-11-24)27-19(16)13-4-2-6-15(22)8-13/h1-9H,10-11H2,(H,23,25). The summed E-state index contributed by atoms with van der Waals surface area (Å²) >= 11 is 13.7. The van der Waals surface area contributed by atoms with Gasteiger partial charge in [-0.1, -0.05) is 47.5 Å². The van der Waals surface area contributed by atoms with Gasteiger partial charge < -0.3 is 10.2 Å². The quantitative estimate of drug-likeness (QED) is 0.658. The second-order valence-corrected chi connectivity index (χ2v) is 8.06. The van der Waals surface area contributed by atoms with E-state index in [2.05, 4.69) is 5.32 Å². The van der Waals surface area contributed by atoms with Gasteiger partial charge in [-0.25, -0.2) is 0 Å². The van der Waals surface area contributed by atoms with Crippen LogP contribution in [0.5, 0.6) is 0 Å². The van der Waals surface area contributed by atoms with Gasteiger partial charge in [0.1, 0.15) is 6.54 Å². The zero-order chi connectivity index (χ0) is 19.0. The van der Waals surface area contributed by atoms with Gasteiger partial charge in [0.05, 0.1) is 11.5 Å². The molecule has 3 aromatic rings. The molecule has 2 amide bonds. The largest absolute Gasteiger partial charge is 0.337 e. The fourth-order valence-corrected chi connectivity index (χ4v) is 4.50. The summed E-state index contributed by atoms with van der Waals surface area (Å²) in [6.45, 7) is 0.310. The average Bonchev–Trinajstić information content (AvgIpc) is 3.28. The molecular formula is C20H14Cl2N2O2S. The van der Waals surface area contributed by atoms with Crippen LogP contribution in [0.2, 0.25) is 10.0 Å². The third kappa shape index (κ3) is 3.72. The van der Waals surface area contributed by atoms with Crippen molar-refractivity contribution in [3.05, 3.63) is 69.5 Å². The number of benzene rings is 2. The van der Waals surface area contributed by atoms with Crippen LogP contribution in [-0.2, 0) is 4.79 Å². The molecule has 0 saturated carbocycles. The highest BCUT2D eigenvalue weighted by atomic mass is 35.5. The van der Waals surface area contributed by atoms with Crippen LogP contribution >= 0.6 is 34.5 Å². The highest BCUT2D eigenvalue weighted by molar-refractivity contribution is 7.18. The molecule has 0 radical (unpaired) electrons. The molecular weight excluding hydrogens is 403 g/mol. The molecule has 1 aromatic heterocycles. The van der Waals surface area contributed by atoms with Crippen molar-refractivity contribution < 1.29 is 9.59 Å². The number of amides is 2. The van der Waals surface area contributed by atoms with Gasteiger partial charge in [0.2, 0.25) is 5.91 Å². The summed E-state index contributed by atoms with van der Waals surface area (Å²) in [6, 6.07) is 16.9. The van der Waals surface area contributed by atoms with Crippen LogP contribution in [0.15, 0.2) is 54.6 Å². The van der Waals surface area contributed by atoms with Crippen molar-refractivity contribution in [3.63, 3.8) is 0 Å². The average molecular weight is 417 g/mol. The molecule has 1 saturated heterocycles. The van der Waals surface area contributed by atoms with E-state index >= 15 is 0 Å². The van der Waals surface area contributed by atoms with E-state index in [9.17, 15) is 9.59 Å². The molecule has 0 atom stereocenters. The Morgan fingerprint density at radius 2 is 1.67 bits per heavy atom. The Balaban J connectivity index is 1.82. The van der Waals surface area contributed by atoms with Gasteiger partial charge in [-0.15, -0.1) is 11.3 Å². The maximum atomic E-state index is 12.8. The molecule has 0 unspecified atom stereocenters. The van der Waals surface area contributed by atoms with E-state index in [-0.39, 0.29) is 25.0 Å². The van der Waals surface area contributed by atoms with E-state index in [0.717, 1.165) is 21.6 Å². The minimum atomic E-state index is -0.171. The van der Waals surface area contributed by atoms with E-state index in [1.54, 1.807) is 0 Å². The Labute approximate surface area is 170 Å². The molecule has 2 aromatic carbocycles. The van der Waals surface area contributed by atoms with Crippen molar-refractivity contribution in [2.24, 2.45) is 0 Å². The minimum Gasteiger partial charge on any atom is -0.337 e. The molecule has 0 aliphatic carbocycles. The third-order valence-electron chi connectivity index (χ3n) is 4.25. The summed E-state index contributed by atoms with van der Waals surface area (Å²) < 4.78 is 0. The molecule has 4 nitrogen and oxygen atoms in total. The van der Waals surface area contributed by atoms with Gasteiger partial charge in [-0.05, 0) is 41.5 Å². The first-order chi connectivity index (χ1) is 13.0. The van der Waals surface area contributed by atoms with E-state index in [4.69, 9.17) is 23.2 Å². The molecule has 2 heterocycles. The zero-order valence-electron chi connectivity index (χ0n) is 14.0. The highest BCUT2D eigenvalue weighted by Crippen LogP contribution is 2.41. The zero-order valence-corrected chi connectivity index (χ0v) is 16.4. The fourth-order valence-electron chi connectivity index (χ4n) is 2.98. The summed E-state index contributed by atoms with van der Waals surface area (Å²) in [5, 5.41) is 3.90. The van der Waals surface area contributed by atoms with Gasteiger partial charge in [-0.3, -0.25) is 9.59 Å². The molecule has 27 heavy (non-hydrogen) atoms. The normalized spacial score (nSPS) is 13.7. The Kier molecular flexibility index (Phi) is 4.91. The van der Waals surface area contributed by atoms with Gasteiger partial charge in [0, 0.05) is 20.5 Å². The van der Waals surface area contributed by atoms with Gasteiger partial charge in [0.15, 0.2) is 0 Å². The molecule has 136 valence electrons. The summed E-state index contributed by atoms with van der Waals surface area (Å²) in [4.78, 5) is 27.3. The Morgan fingerprint density at radius 3 is 2.30 bits per heavy atom. The number of halogens is 2. The number of nitrogens with zero attached hydrogens (tertiary/aromatic N) is 1. The molecule has 4 rings (SSSR count). The lowest BCUT2D eigenvalue weighted by atomic mass is 10.0. The van der Waals surface area contributed by atoms with Gasteiger partial charge in [0.25, 0.3) is 5.91 Å². The molecule has 1 N–H and O–H groups in total. The summed E-state index contributed by atoms with van der Waals surface area (Å²) in [5.41, 5.74) is 2.76. The van der Waals surface area contributed by atoms with Crippen LogP contribution in [-0.4, -0.2) is 29.9 Å². The van der Waals surface area contributed by atoms with Gasteiger partial charge >= 0.3 is 0 Å². The topological polar surface area (TPSA) is 49.4 Å². The molecule has 0 bridgehead atoms. The van der Waals surface area contributed by atoms with Gasteiger partial charge in [-0.2, -0.15) is 0 Å². The lowest BCUT2D eigenvalue weighted by Crippen LogP contribution is -2.28. The number of rotatable bonds is 3. The van der Waals surface area contributed by atoms with Crippen LogP contribution in [0.1, 0.15) is 9.67 Å². The molecule has 1 fully saturated rings. The predicted octanol–water partition coefficient (Wildman–Crippen LogP) is 4.92. The van der Waals surface area contributed by atoms with Crippen molar-refractivity contribution in [2.75, 3.05) is 13.2 Å². The van der Waals surface area contributed by atoms with E-state index < -0.39 is 0 Å². The number of hydrogen-bond donors (Lipinski definition) is 1. The van der Waals surface area contributed by atoms with Crippen molar-refractivity contribution in [1.29, 1.82) is 0 Å². The lowest BCUT2D eigenvalue weighted by molar-refractivity contribution is -0.118. The Bertz CT molecular complexity index is 985. The summed E-state index contributed by atoms with van der Waals surface area (Å²) in [7, 11) is 0. The number of thiophene rings is 1. The molecule has 7 heteroatoms. The number of carbonyl (C=O) groups excluding carboxylic acids is 2. The first kappa shape index (κ1) is 18.0. The maximum Gasteiger partial charge on any atom is 0.265 e. The van der Waals surface area contributed by atoms with Crippen molar-refractivity contribution in [1.82, 2.24) is 10.2 Å². The SMILES string of the molecule is O=C1CN(C(=O)c2cc(-c3cccc(Cl)c3)c(-c3cccc(Cl)c3)s2)CN1. The van der Waals surface area contributed by atoms with Crippen molar-refractivity contribution in [2.45, 2.75) is 0 Å². The Hall–Kier alpha value is -2.34. The third-order valence-corrected chi connectivity index (χ3v) is 5.90. The van der Waals surface area contributed by atoms with Crippen LogP contribution in [0.25, 0.3) is 21.6 Å². The second-order valence-electron chi connectivity index (χ2n) is 6.14. The maximum absolute atomic E-state index is 12.8. The van der Waals surface area contributed by atoms with E-state index in [0.29, 0.717) is 14.9 Å². The Morgan fingerprint density at radius 1 is 1.00 bits per heavy atom. The van der Waals surface area contributed by atoms with Crippen LogP contribution in [0.3, 0.4) is 0 Å². The van der Waals surface area contributed by atoms with Crippen LogP contribution in [0, 0.1) is 0 Å². The summed E-state index contributed by atoms with van der Waals surface area (Å²) in [6.07, 6.45) is 0. The fraction of sp³-hybridized carbons (Fsp3) is 0.100. The second kappa shape index (κ2) is 7.35. The minimum absolute atomic E-state index is 0.0791. The molecule has 1 aliphatic heterocycles. The van der Waals surface area contributed by atoms with E-state index in [1.807, 2.05) is 54.6 Å². The number of carbonyl (C=O) groups is 2. The molecule has 0 spiro atoms. The predicted molar refractivity (Wildman–Crippen MR) is 109 cm³/mol. The monoisotopic (exact) mass is 416 g/mol. The van der Waals surface area contributed by atoms with E-state index in [1.165, 1.54) is 16.2 Å². The first-order valence-electron chi connectivity index (χ1n) is 8.23. The first-order valence-corrected chi connectivity index (χ1v) is 9.80.